The second-order valence-electron chi connectivity index (χ2n) is 9.33. The van der Waals surface area contributed by atoms with Gasteiger partial charge in [-0.25, -0.2) is 10.3 Å². The second kappa shape index (κ2) is 22.6. The molecule has 1 aromatic carbocycles. The molecule has 0 aliphatic rings. The van der Waals surface area contributed by atoms with Crippen molar-refractivity contribution in [3.05, 3.63) is 35.9 Å². The Hall–Kier alpha value is -2.61. The van der Waals surface area contributed by atoms with Gasteiger partial charge in [0.2, 0.25) is 0 Å². The molecule has 0 spiro atoms. The van der Waals surface area contributed by atoms with E-state index in [4.69, 9.17) is 14.3 Å². The molecule has 0 aliphatic carbocycles. The average molecular weight is 521 g/mol. The zero-order valence-electron chi connectivity index (χ0n) is 22.9. The number of hydrogen-bond donors (Lipinski definition) is 2. The van der Waals surface area contributed by atoms with Gasteiger partial charge in [-0.1, -0.05) is 114 Å². The highest BCUT2D eigenvalue weighted by Crippen LogP contribution is 2.13. The van der Waals surface area contributed by atoms with Gasteiger partial charge in [0.25, 0.3) is 5.91 Å². The first-order valence-corrected chi connectivity index (χ1v) is 14.1. The van der Waals surface area contributed by atoms with E-state index >= 15 is 0 Å². The summed E-state index contributed by atoms with van der Waals surface area (Å²) in [4.78, 5) is 41.5. The van der Waals surface area contributed by atoms with Crippen molar-refractivity contribution >= 4 is 18.0 Å². The molecular formula is C29H48N2O6. The Labute approximate surface area is 223 Å². The molecule has 1 aromatic rings. The maximum atomic E-state index is 12.3. The van der Waals surface area contributed by atoms with Crippen molar-refractivity contribution < 1.29 is 28.7 Å². The molecule has 0 radical (unpaired) electrons. The van der Waals surface area contributed by atoms with Crippen molar-refractivity contribution in [2.45, 2.75) is 116 Å². The Bertz CT molecular complexity index is 728. The summed E-state index contributed by atoms with van der Waals surface area (Å²) < 4.78 is 10.4. The van der Waals surface area contributed by atoms with E-state index < -0.39 is 24.0 Å². The Kier molecular flexibility index (Phi) is 19.8. The van der Waals surface area contributed by atoms with E-state index in [2.05, 4.69) is 17.7 Å². The van der Waals surface area contributed by atoms with Crippen LogP contribution in [-0.4, -0.2) is 37.2 Å². The number of hydroxylamine groups is 1. The summed E-state index contributed by atoms with van der Waals surface area (Å²) in [5.41, 5.74) is 3.05. The Morgan fingerprint density at radius 2 is 1.32 bits per heavy atom. The van der Waals surface area contributed by atoms with Gasteiger partial charge >= 0.3 is 12.1 Å². The van der Waals surface area contributed by atoms with E-state index in [-0.39, 0.29) is 26.2 Å². The number of carbonyl (C=O) groups is 3. The normalized spacial score (nSPS) is 11.5. The minimum absolute atomic E-state index is 0.0608. The number of unbranched alkanes of at least 4 members (excludes halogenated alkanes) is 12. The highest BCUT2D eigenvalue weighted by atomic mass is 16.7. The minimum atomic E-state index is -1.12. The molecule has 0 saturated carbocycles. The molecule has 0 saturated heterocycles. The van der Waals surface area contributed by atoms with E-state index in [9.17, 15) is 14.4 Å². The lowest BCUT2D eigenvalue weighted by Crippen LogP contribution is -2.49. The third-order valence-corrected chi connectivity index (χ3v) is 6.03. The smallest absolute Gasteiger partial charge is 0.408 e. The van der Waals surface area contributed by atoms with E-state index in [1.807, 2.05) is 30.3 Å². The average Bonchev–Trinajstić information content (AvgIpc) is 2.91. The van der Waals surface area contributed by atoms with Crippen molar-refractivity contribution in [3.8, 4) is 0 Å². The van der Waals surface area contributed by atoms with E-state index in [0.29, 0.717) is 0 Å². The van der Waals surface area contributed by atoms with E-state index in [1.54, 1.807) is 6.92 Å². The van der Waals surface area contributed by atoms with Gasteiger partial charge < -0.3 is 14.8 Å². The molecule has 0 aliphatic heterocycles. The van der Waals surface area contributed by atoms with Crippen LogP contribution in [0.2, 0.25) is 0 Å². The number of amides is 2. The molecule has 37 heavy (non-hydrogen) atoms. The number of rotatable bonds is 22. The second-order valence-corrected chi connectivity index (χ2v) is 9.33. The molecule has 0 fully saturated rings. The summed E-state index contributed by atoms with van der Waals surface area (Å²) in [5, 5.41) is 2.44. The van der Waals surface area contributed by atoms with E-state index in [1.165, 1.54) is 64.2 Å². The van der Waals surface area contributed by atoms with Crippen molar-refractivity contribution in [1.82, 2.24) is 10.8 Å². The minimum Gasteiger partial charge on any atom is -0.463 e. The van der Waals surface area contributed by atoms with Gasteiger partial charge in [0.05, 0.1) is 6.61 Å². The molecule has 2 amide bonds. The van der Waals surface area contributed by atoms with Gasteiger partial charge in [-0.3, -0.25) is 14.4 Å². The lowest BCUT2D eigenvalue weighted by Gasteiger charge is -2.18. The van der Waals surface area contributed by atoms with Crippen LogP contribution in [0.25, 0.3) is 0 Å². The molecule has 0 heterocycles. The monoisotopic (exact) mass is 520 g/mol. The molecule has 1 rings (SSSR count). The first-order valence-electron chi connectivity index (χ1n) is 14.1. The topological polar surface area (TPSA) is 103 Å². The van der Waals surface area contributed by atoms with Gasteiger partial charge in [-0.2, -0.15) is 0 Å². The van der Waals surface area contributed by atoms with Crippen LogP contribution in [0.4, 0.5) is 4.79 Å². The summed E-state index contributed by atoms with van der Waals surface area (Å²) in [7, 11) is 0. The Morgan fingerprint density at radius 1 is 0.757 bits per heavy atom. The summed E-state index contributed by atoms with van der Waals surface area (Å²) in [6.45, 7) is 3.99. The van der Waals surface area contributed by atoms with Crippen LogP contribution in [0.3, 0.4) is 0 Å². The fraction of sp³-hybridized carbons (Fsp3) is 0.690. The fourth-order valence-corrected chi connectivity index (χ4v) is 3.84. The van der Waals surface area contributed by atoms with Gasteiger partial charge in [0, 0.05) is 6.42 Å². The molecule has 8 nitrogen and oxygen atoms in total. The number of nitrogens with one attached hydrogen (secondary N) is 2. The summed E-state index contributed by atoms with van der Waals surface area (Å²) >= 11 is 0. The maximum Gasteiger partial charge on any atom is 0.408 e. The zero-order valence-corrected chi connectivity index (χ0v) is 22.9. The number of alkyl carbamates (subject to hydrolysis) is 1. The van der Waals surface area contributed by atoms with Crippen LogP contribution < -0.4 is 10.8 Å². The molecule has 0 bridgehead atoms. The predicted octanol–water partition coefficient (Wildman–Crippen LogP) is 6.37. The summed E-state index contributed by atoms with van der Waals surface area (Å²) in [5.74, 6) is -1.01. The lowest BCUT2D eigenvalue weighted by molar-refractivity contribution is -0.147. The standard InChI is InChI=1S/C29H48N2O6/c1-3-5-6-7-8-9-10-11-12-13-14-15-19-22-27(32)35-24-26(28(33)31-37-4-2)30-29(34)36-23-25-20-17-16-18-21-25/h16-18,20-21,26H,3-15,19,22-24H2,1-2H3,(H,30,34)(H,31,33). The SMILES string of the molecule is CCCCCCCCCCCCCCCC(=O)OCC(NC(=O)OCc1ccccc1)C(=O)NOCC. The van der Waals surface area contributed by atoms with Crippen LogP contribution in [0, 0.1) is 0 Å². The van der Waals surface area contributed by atoms with Crippen molar-refractivity contribution in [3.63, 3.8) is 0 Å². The van der Waals surface area contributed by atoms with Gasteiger partial charge in [0.15, 0.2) is 0 Å². The molecule has 210 valence electrons. The Morgan fingerprint density at radius 3 is 1.89 bits per heavy atom. The first-order chi connectivity index (χ1) is 18.1. The molecule has 1 atom stereocenters. The molecule has 8 heteroatoms. The molecule has 0 aromatic heterocycles. The molecular weight excluding hydrogens is 472 g/mol. The van der Waals surface area contributed by atoms with Crippen LogP contribution in [0.15, 0.2) is 30.3 Å². The van der Waals surface area contributed by atoms with Gasteiger partial charge in [0.1, 0.15) is 19.3 Å². The molecule has 1 unspecified atom stereocenters. The van der Waals surface area contributed by atoms with Crippen LogP contribution in [0.5, 0.6) is 0 Å². The first kappa shape index (κ1) is 32.4. The number of hydrogen-bond acceptors (Lipinski definition) is 6. The zero-order chi connectivity index (χ0) is 27.0. The number of ether oxygens (including phenoxy) is 2. The largest absolute Gasteiger partial charge is 0.463 e. The number of carbonyl (C=O) groups excluding carboxylic acids is 3. The van der Waals surface area contributed by atoms with Gasteiger partial charge in [-0.05, 0) is 18.9 Å². The maximum absolute atomic E-state index is 12.3. The van der Waals surface area contributed by atoms with Gasteiger partial charge in [-0.15, -0.1) is 0 Å². The third-order valence-electron chi connectivity index (χ3n) is 6.03. The number of esters is 1. The number of benzene rings is 1. The van der Waals surface area contributed by atoms with Crippen molar-refractivity contribution in [2.24, 2.45) is 0 Å². The van der Waals surface area contributed by atoms with Crippen molar-refractivity contribution in [1.29, 1.82) is 0 Å². The van der Waals surface area contributed by atoms with E-state index in [0.717, 1.165) is 24.8 Å². The molecule has 2 N–H and O–H groups in total. The highest BCUT2D eigenvalue weighted by molar-refractivity contribution is 5.85. The Balaban J connectivity index is 2.18. The van der Waals surface area contributed by atoms with Crippen LogP contribution in [-0.2, 0) is 30.5 Å². The van der Waals surface area contributed by atoms with Crippen LogP contribution >= 0.6 is 0 Å². The quantitative estimate of drug-likeness (QED) is 0.105. The fourth-order valence-electron chi connectivity index (χ4n) is 3.84. The van der Waals surface area contributed by atoms with Crippen LogP contribution in [0.1, 0.15) is 109 Å². The predicted molar refractivity (Wildman–Crippen MR) is 145 cm³/mol. The summed E-state index contributed by atoms with van der Waals surface area (Å²) in [6, 6.07) is 8.07. The summed E-state index contributed by atoms with van der Waals surface area (Å²) in [6.07, 6.45) is 15.5. The van der Waals surface area contributed by atoms with Crippen molar-refractivity contribution in [2.75, 3.05) is 13.2 Å². The lowest BCUT2D eigenvalue weighted by atomic mass is 10.0. The highest BCUT2D eigenvalue weighted by Gasteiger charge is 2.23. The third kappa shape index (κ3) is 18.3.